The molecule has 2 nitrogen and oxygen atoms in total. The van der Waals surface area contributed by atoms with Gasteiger partial charge in [0.1, 0.15) is 5.82 Å². The largest absolute Gasteiger partial charge is 0.385 e. The molecular formula is C14H21BrFNO. The second-order valence-electron chi connectivity index (χ2n) is 4.33. The maximum atomic E-state index is 13.2. The highest BCUT2D eigenvalue weighted by Gasteiger charge is 2.11. The van der Waals surface area contributed by atoms with E-state index in [9.17, 15) is 4.39 Å². The molecule has 102 valence electrons. The normalized spacial score (nSPS) is 12.7. The fourth-order valence-electron chi connectivity index (χ4n) is 2.00. The third kappa shape index (κ3) is 5.46. The Kier molecular flexibility index (Phi) is 7.47. The molecule has 0 saturated carbocycles. The van der Waals surface area contributed by atoms with Crippen molar-refractivity contribution >= 4 is 15.9 Å². The Morgan fingerprint density at radius 2 is 2.22 bits per heavy atom. The lowest BCUT2D eigenvalue weighted by molar-refractivity contribution is 0.188. The van der Waals surface area contributed by atoms with Gasteiger partial charge < -0.3 is 10.1 Å². The first-order valence-electron chi connectivity index (χ1n) is 6.33. The van der Waals surface area contributed by atoms with Gasteiger partial charge in [0, 0.05) is 24.2 Å². The van der Waals surface area contributed by atoms with Gasteiger partial charge >= 0.3 is 0 Å². The molecule has 1 unspecified atom stereocenters. The van der Waals surface area contributed by atoms with Gasteiger partial charge in [-0.15, -0.1) is 0 Å². The van der Waals surface area contributed by atoms with Crippen LogP contribution in [0.1, 0.15) is 25.3 Å². The van der Waals surface area contributed by atoms with Crippen LogP contribution in [0.4, 0.5) is 4.39 Å². The summed E-state index contributed by atoms with van der Waals surface area (Å²) in [6.07, 6.45) is 2.88. The molecule has 1 atom stereocenters. The zero-order valence-electron chi connectivity index (χ0n) is 11.0. The molecule has 0 aliphatic heterocycles. The molecule has 4 heteroatoms. The molecule has 0 saturated heterocycles. The van der Waals surface area contributed by atoms with E-state index in [1.807, 2.05) is 0 Å². The van der Waals surface area contributed by atoms with Gasteiger partial charge in [-0.05, 0) is 49.6 Å². The van der Waals surface area contributed by atoms with E-state index in [2.05, 4.69) is 28.2 Å². The molecule has 0 radical (unpaired) electrons. The summed E-state index contributed by atoms with van der Waals surface area (Å²) in [6.45, 7) is 3.78. The number of methoxy groups -OCH3 is 1. The summed E-state index contributed by atoms with van der Waals surface area (Å²) in [5, 5.41) is 3.44. The molecule has 18 heavy (non-hydrogen) atoms. The van der Waals surface area contributed by atoms with Crippen LogP contribution >= 0.6 is 15.9 Å². The van der Waals surface area contributed by atoms with Crippen molar-refractivity contribution in [3.8, 4) is 0 Å². The van der Waals surface area contributed by atoms with E-state index in [-0.39, 0.29) is 5.82 Å². The fourth-order valence-corrected chi connectivity index (χ4v) is 2.41. The lowest BCUT2D eigenvalue weighted by atomic mass is 10.0. The van der Waals surface area contributed by atoms with Crippen LogP contribution in [-0.4, -0.2) is 26.3 Å². The average molecular weight is 318 g/mol. The second kappa shape index (κ2) is 8.62. The van der Waals surface area contributed by atoms with Gasteiger partial charge in [0.25, 0.3) is 0 Å². The monoisotopic (exact) mass is 317 g/mol. The summed E-state index contributed by atoms with van der Waals surface area (Å²) in [6, 6.07) is 5.21. The first-order chi connectivity index (χ1) is 8.67. The van der Waals surface area contributed by atoms with Crippen LogP contribution in [0.3, 0.4) is 0 Å². The summed E-state index contributed by atoms with van der Waals surface area (Å²) in [4.78, 5) is 0. The van der Waals surface area contributed by atoms with Crippen molar-refractivity contribution in [1.29, 1.82) is 0 Å². The minimum absolute atomic E-state index is 0.180. The Balaban J connectivity index is 2.60. The second-order valence-corrected chi connectivity index (χ2v) is 5.18. The number of benzene rings is 1. The predicted octanol–water partition coefficient (Wildman–Crippen LogP) is 3.54. The smallest absolute Gasteiger partial charge is 0.123 e. The molecule has 1 aromatic carbocycles. The average Bonchev–Trinajstić information content (AvgIpc) is 2.34. The Labute approximate surface area is 117 Å². The molecule has 1 rings (SSSR count). The maximum absolute atomic E-state index is 13.2. The molecule has 0 amide bonds. The topological polar surface area (TPSA) is 21.3 Å². The third-order valence-corrected chi connectivity index (χ3v) is 3.64. The number of halogens is 2. The van der Waals surface area contributed by atoms with E-state index < -0.39 is 0 Å². The lowest BCUT2D eigenvalue weighted by Gasteiger charge is -2.18. The fraction of sp³-hybridized carbons (Fsp3) is 0.571. The molecule has 0 aromatic heterocycles. The van der Waals surface area contributed by atoms with Crippen LogP contribution in [0, 0.1) is 5.82 Å². The lowest BCUT2D eigenvalue weighted by Crippen LogP contribution is -2.31. The van der Waals surface area contributed by atoms with Gasteiger partial charge in [0.15, 0.2) is 0 Å². The highest BCUT2D eigenvalue weighted by molar-refractivity contribution is 9.10. The number of nitrogens with one attached hydrogen (secondary N) is 1. The third-order valence-electron chi connectivity index (χ3n) is 2.87. The first kappa shape index (κ1) is 15.6. The number of rotatable bonds is 8. The quantitative estimate of drug-likeness (QED) is 0.740. The number of ether oxygens (including phenoxy) is 1. The zero-order valence-corrected chi connectivity index (χ0v) is 12.6. The van der Waals surface area contributed by atoms with E-state index in [0.717, 1.165) is 42.5 Å². The minimum Gasteiger partial charge on any atom is -0.385 e. The first-order valence-corrected chi connectivity index (χ1v) is 7.13. The summed E-state index contributed by atoms with van der Waals surface area (Å²) in [7, 11) is 1.71. The number of hydrogen-bond acceptors (Lipinski definition) is 2. The van der Waals surface area contributed by atoms with Crippen molar-refractivity contribution in [3.05, 3.63) is 34.1 Å². The maximum Gasteiger partial charge on any atom is 0.123 e. The van der Waals surface area contributed by atoms with Gasteiger partial charge in [-0.3, -0.25) is 0 Å². The van der Waals surface area contributed by atoms with Crippen molar-refractivity contribution < 1.29 is 9.13 Å². The molecule has 0 aliphatic carbocycles. The van der Waals surface area contributed by atoms with Gasteiger partial charge in [-0.2, -0.15) is 0 Å². The molecule has 0 fully saturated rings. The standard InChI is InChI=1S/C14H21BrFNO/c1-3-17-13(5-4-8-18-2)10-11-9-12(16)6-7-14(11)15/h6-7,9,13,17H,3-5,8,10H2,1-2H3. The highest BCUT2D eigenvalue weighted by Crippen LogP contribution is 2.20. The van der Waals surface area contributed by atoms with E-state index in [1.165, 1.54) is 6.07 Å². The Morgan fingerprint density at radius 3 is 2.89 bits per heavy atom. The molecule has 0 spiro atoms. The van der Waals surface area contributed by atoms with Crippen molar-refractivity contribution in [2.24, 2.45) is 0 Å². The van der Waals surface area contributed by atoms with Crippen LogP contribution in [0.15, 0.2) is 22.7 Å². The molecule has 0 heterocycles. The van der Waals surface area contributed by atoms with Gasteiger partial charge in [0.2, 0.25) is 0 Å². The SMILES string of the molecule is CCNC(CCCOC)Cc1cc(F)ccc1Br. The number of likely N-dealkylation sites (N-methyl/N-ethyl adjacent to an activating group) is 1. The summed E-state index contributed by atoms with van der Waals surface area (Å²) < 4.78 is 19.3. The molecule has 1 aromatic rings. The van der Waals surface area contributed by atoms with E-state index in [0.29, 0.717) is 6.04 Å². The highest BCUT2D eigenvalue weighted by atomic mass is 79.9. The Bertz CT molecular complexity index is 360. The molecule has 0 bridgehead atoms. The number of hydrogen-bond donors (Lipinski definition) is 1. The van der Waals surface area contributed by atoms with Crippen molar-refractivity contribution in [1.82, 2.24) is 5.32 Å². The minimum atomic E-state index is -0.180. The van der Waals surface area contributed by atoms with Crippen LogP contribution in [-0.2, 0) is 11.2 Å². The van der Waals surface area contributed by atoms with Crippen molar-refractivity contribution in [2.45, 2.75) is 32.2 Å². The predicted molar refractivity (Wildman–Crippen MR) is 76.4 cm³/mol. The van der Waals surface area contributed by atoms with Crippen molar-refractivity contribution in [3.63, 3.8) is 0 Å². The summed E-state index contributed by atoms with van der Waals surface area (Å²) in [5.74, 6) is -0.180. The van der Waals surface area contributed by atoms with Crippen LogP contribution in [0.5, 0.6) is 0 Å². The van der Waals surface area contributed by atoms with E-state index in [4.69, 9.17) is 4.74 Å². The van der Waals surface area contributed by atoms with Gasteiger partial charge in [-0.1, -0.05) is 22.9 Å². The van der Waals surface area contributed by atoms with Gasteiger partial charge in [-0.25, -0.2) is 4.39 Å². The molecule has 0 aliphatic rings. The Morgan fingerprint density at radius 1 is 1.44 bits per heavy atom. The van der Waals surface area contributed by atoms with Gasteiger partial charge in [0.05, 0.1) is 0 Å². The molecule has 1 N–H and O–H groups in total. The summed E-state index contributed by atoms with van der Waals surface area (Å²) in [5.41, 5.74) is 1.01. The van der Waals surface area contributed by atoms with Crippen LogP contribution in [0.2, 0.25) is 0 Å². The van der Waals surface area contributed by atoms with Crippen LogP contribution < -0.4 is 5.32 Å². The van der Waals surface area contributed by atoms with Crippen LogP contribution in [0.25, 0.3) is 0 Å². The van der Waals surface area contributed by atoms with Crippen molar-refractivity contribution in [2.75, 3.05) is 20.3 Å². The summed E-state index contributed by atoms with van der Waals surface area (Å²) >= 11 is 3.47. The zero-order chi connectivity index (χ0) is 13.4. The molecular weight excluding hydrogens is 297 g/mol. The Hall–Kier alpha value is -0.450. The van der Waals surface area contributed by atoms with E-state index in [1.54, 1.807) is 19.2 Å². The van der Waals surface area contributed by atoms with E-state index >= 15 is 0 Å².